The minimum atomic E-state index is -0.316. The molecule has 0 spiro atoms. The number of carbonyl (C=O) groups is 1. The molecule has 0 fully saturated rings. The standard InChI is InChI=1S/C36H43N3O2/c1-7-8-22-39-33(25-38(23-21-26(2)3)24-29-15-19-31(20-16-29)36(40)41-6)34(30-17-13-27(4)14-18-30)37-35(39)32-12-10-9-11-28(32)5/h9-21H,7-8,22-25H2,1-6H3. The molecule has 0 bridgehead atoms. The fourth-order valence-electron chi connectivity index (χ4n) is 5.01. The van der Waals surface area contributed by atoms with Crippen molar-refractivity contribution in [3.05, 3.63) is 112 Å². The van der Waals surface area contributed by atoms with Gasteiger partial charge in [0.25, 0.3) is 0 Å². The number of allylic oxidation sites excluding steroid dienone is 1. The second-order valence-corrected chi connectivity index (χ2v) is 11.1. The Morgan fingerprint density at radius 1 is 0.951 bits per heavy atom. The number of hydrogen-bond donors (Lipinski definition) is 0. The fraction of sp³-hybridized carbons (Fsp3) is 0.333. The van der Waals surface area contributed by atoms with E-state index in [1.165, 1.54) is 35.1 Å². The molecule has 0 radical (unpaired) electrons. The average Bonchev–Trinajstić information content (AvgIpc) is 3.32. The van der Waals surface area contributed by atoms with Gasteiger partial charge in [0, 0.05) is 37.3 Å². The summed E-state index contributed by atoms with van der Waals surface area (Å²) in [5.74, 6) is 0.718. The van der Waals surface area contributed by atoms with Crippen molar-refractivity contribution >= 4 is 5.97 Å². The number of esters is 1. The molecule has 0 N–H and O–H groups in total. The van der Waals surface area contributed by atoms with Crippen LogP contribution in [0.25, 0.3) is 22.6 Å². The van der Waals surface area contributed by atoms with Crippen LogP contribution in [0.2, 0.25) is 0 Å². The molecular weight excluding hydrogens is 506 g/mol. The molecular formula is C36H43N3O2. The van der Waals surface area contributed by atoms with Gasteiger partial charge in [-0.05, 0) is 57.4 Å². The van der Waals surface area contributed by atoms with Crippen molar-refractivity contribution < 1.29 is 9.53 Å². The monoisotopic (exact) mass is 549 g/mol. The van der Waals surface area contributed by atoms with Crippen LogP contribution >= 0.6 is 0 Å². The van der Waals surface area contributed by atoms with Crippen LogP contribution < -0.4 is 0 Å². The molecule has 0 amide bonds. The highest BCUT2D eigenvalue weighted by Crippen LogP contribution is 2.33. The lowest BCUT2D eigenvalue weighted by Crippen LogP contribution is -2.25. The van der Waals surface area contributed by atoms with Crippen LogP contribution in [-0.2, 0) is 24.4 Å². The van der Waals surface area contributed by atoms with Crippen LogP contribution in [-0.4, -0.2) is 34.1 Å². The summed E-state index contributed by atoms with van der Waals surface area (Å²) < 4.78 is 7.34. The first-order chi connectivity index (χ1) is 19.8. The summed E-state index contributed by atoms with van der Waals surface area (Å²) in [5, 5.41) is 0. The van der Waals surface area contributed by atoms with Crippen LogP contribution in [0, 0.1) is 13.8 Å². The third-order valence-corrected chi connectivity index (χ3v) is 7.43. The predicted molar refractivity (Wildman–Crippen MR) is 169 cm³/mol. The Kier molecular flexibility index (Phi) is 10.3. The molecule has 0 aliphatic rings. The molecule has 1 aromatic heterocycles. The number of benzene rings is 3. The van der Waals surface area contributed by atoms with Crippen molar-refractivity contribution in [2.75, 3.05) is 13.7 Å². The molecule has 5 nitrogen and oxygen atoms in total. The first-order valence-corrected chi connectivity index (χ1v) is 14.6. The van der Waals surface area contributed by atoms with Crippen molar-refractivity contribution in [1.82, 2.24) is 14.5 Å². The molecule has 214 valence electrons. The summed E-state index contributed by atoms with van der Waals surface area (Å²) in [6.45, 7) is 14.0. The van der Waals surface area contributed by atoms with Crippen molar-refractivity contribution in [1.29, 1.82) is 0 Å². The Balaban J connectivity index is 1.82. The molecule has 0 aliphatic carbocycles. The van der Waals surface area contributed by atoms with Gasteiger partial charge in [-0.15, -0.1) is 0 Å². The largest absolute Gasteiger partial charge is 0.465 e. The Morgan fingerprint density at radius 2 is 1.66 bits per heavy atom. The van der Waals surface area contributed by atoms with Gasteiger partial charge in [-0.3, -0.25) is 4.90 Å². The fourth-order valence-corrected chi connectivity index (χ4v) is 5.01. The summed E-state index contributed by atoms with van der Waals surface area (Å²) >= 11 is 0. The minimum Gasteiger partial charge on any atom is -0.465 e. The van der Waals surface area contributed by atoms with Crippen LogP contribution in [0.5, 0.6) is 0 Å². The highest BCUT2D eigenvalue weighted by Gasteiger charge is 2.22. The maximum absolute atomic E-state index is 12.0. The summed E-state index contributed by atoms with van der Waals surface area (Å²) in [7, 11) is 1.41. The van der Waals surface area contributed by atoms with Gasteiger partial charge in [-0.1, -0.05) is 91.2 Å². The van der Waals surface area contributed by atoms with Crippen LogP contribution in [0.1, 0.15) is 66.4 Å². The number of imidazole rings is 1. The summed E-state index contributed by atoms with van der Waals surface area (Å²) in [4.78, 5) is 19.8. The zero-order valence-electron chi connectivity index (χ0n) is 25.4. The van der Waals surface area contributed by atoms with Gasteiger partial charge in [0.05, 0.1) is 24.1 Å². The highest BCUT2D eigenvalue weighted by molar-refractivity contribution is 5.89. The highest BCUT2D eigenvalue weighted by atomic mass is 16.5. The van der Waals surface area contributed by atoms with E-state index in [-0.39, 0.29) is 5.97 Å². The van der Waals surface area contributed by atoms with E-state index in [1.54, 1.807) is 0 Å². The molecule has 3 aromatic carbocycles. The second kappa shape index (κ2) is 14.1. The van der Waals surface area contributed by atoms with Gasteiger partial charge in [-0.25, -0.2) is 9.78 Å². The smallest absolute Gasteiger partial charge is 0.337 e. The van der Waals surface area contributed by atoms with E-state index in [1.807, 2.05) is 24.3 Å². The zero-order valence-corrected chi connectivity index (χ0v) is 25.4. The second-order valence-electron chi connectivity index (χ2n) is 11.1. The quantitative estimate of drug-likeness (QED) is 0.132. The number of unbranched alkanes of at least 4 members (excludes halogenated alkanes) is 1. The molecule has 5 heteroatoms. The topological polar surface area (TPSA) is 47.4 Å². The normalized spacial score (nSPS) is 11.1. The van der Waals surface area contributed by atoms with Crippen LogP contribution in [0.15, 0.2) is 84.4 Å². The molecule has 0 unspecified atom stereocenters. The van der Waals surface area contributed by atoms with E-state index in [0.717, 1.165) is 61.7 Å². The number of hydrogen-bond acceptors (Lipinski definition) is 4. The van der Waals surface area contributed by atoms with Gasteiger partial charge in [0.1, 0.15) is 5.82 Å². The van der Waals surface area contributed by atoms with Crippen LogP contribution in [0.3, 0.4) is 0 Å². The first-order valence-electron chi connectivity index (χ1n) is 14.6. The van der Waals surface area contributed by atoms with Gasteiger partial charge in [0.2, 0.25) is 0 Å². The molecule has 0 aliphatic heterocycles. The summed E-state index contributed by atoms with van der Waals surface area (Å²) in [6, 6.07) is 25.0. The molecule has 1 heterocycles. The third kappa shape index (κ3) is 7.62. The van der Waals surface area contributed by atoms with Gasteiger partial charge < -0.3 is 9.30 Å². The maximum atomic E-state index is 12.0. The van der Waals surface area contributed by atoms with Crippen molar-refractivity contribution in [3.63, 3.8) is 0 Å². The van der Waals surface area contributed by atoms with E-state index in [2.05, 4.69) is 98.7 Å². The number of methoxy groups -OCH3 is 1. The number of nitrogens with zero attached hydrogens (tertiary/aromatic N) is 3. The van der Waals surface area contributed by atoms with E-state index in [0.29, 0.717) is 5.56 Å². The molecule has 4 rings (SSSR count). The van der Waals surface area contributed by atoms with Crippen molar-refractivity contribution in [2.45, 2.75) is 67.1 Å². The first kappa shape index (κ1) is 30.0. The van der Waals surface area contributed by atoms with Crippen molar-refractivity contribution in [3.8, 4) is 22.6 Å². The Hall–Kier alpha value is -3.96. The summed E-state index contributed by atoms with van der Waals surface area (Å²) in [6.07, 6.45) is 4.47. The van der Waals surface area contributed by atoms with Crippen LogP contribution in [0.4, 0.5) is 0 Å². The molecule has 4 aromatic rings. The third-order valence-electron chi connectivity index (χ3n) is 7.43. The van der Waals surface area contributed by atoms with Gasteiger partial charge >= 0.3 is 5.97 Å². The van der Waals surface area contributed by atoms with Gasteiger partial charge in [-0.2, -0.15) is 0 Å². The average molecular weight is 550 g/mol. The Bertz CT molecular complexity index is 1480. The molecule has 0 atom stereocenters. The lowest BCUT2D eigenvalue weighted by atomic mass is 10.1. The molecule has 0 saturated heterocycles. The number of carbonyl (C=O) groups excluding carboxylic acids is 1. The number of rotatable bonds is 12. The molecule has 41 heavy (non-hydrogen) atoms. The number of ether oxygens (including phenoxy) is 1. The summed E-state index contributed by atoms with van der Waals surface area (Å²) in [5.41, 5.74) is 10.1. The lowest BCUT2D eigenvalue weighted by molar-refractivity contribution is 0.0600. The Labute approximate surface area is 245 Å². The SMILES string of the molecule is CCCCn1c(-c2ccccc2C)nc(-c2ccc(C)cc2)c1CN(CC=C(C)C)Cc1ccc(C(=O)OC)cc1. The maximum Gasteiger partial charge on any atom is 0.337 e. The molecule has 0 saturated carbocycles. The number of aryl methyl sites for hydroxylation is 2. The number of aromatic nitrogens is 2. The van der Waals surface area contributed by atoms with E-state index in [9.17, 15) is 4.79 Å². The van der Waals surface area contributed by atoms with Crippen molar-refractivity contribution in [2.24, 2.45) is 0 Å². The minimum absolute atomic E-state index is 0.316. The van der Waals surface area contributed by atoms with E-state index < -0.39 is 0 Å². The predicted octanol–water partition coefficient (Wildman–Crippen LogP) is 8.39. The van der Waals surface area contributed by atoms with E-state index >= 15 is 0 Å². The van der Waals surface area contributed by atoms with E-state index in [4.69, 9.17) is 9.72 Å². The zero-order chi connectivity index (χ0) is 29.4. The Morgan fingerprint density at radius 3 is 2.29 bits per heavy atom. The van der Waals surface area contributed by atoms with Gasteiger partial charge in [0.15, 0.2) is 0 Å². The lowest BCUT2D eigenvalue weighted by Gasteiger charge is -2.24.